The summed E-state index contributed by atoms with van der Waals surface area (Å²) in [7, 11) is 1.87. The van der Waals surface area contributed by atoms with E-state index in [9.17, 15) is 0 Å². The molecule has 0 atom stereocenters. The van der Waals surface area contributed by atoms with Crippen LogP contribution in [0.5, 0.6) is 0 Å². The molecule has 0 amide bonds. The van der Waals surface area contributed by atoms with Gasteiger partial charge in [0.2, 0.25) is 0 Å². The Hall–Kier alpha value is -0.240. The monoisotopic (exact) mass is 232 g/mol. The molecule has 94 valence electrons. The maximum absolute atomic E-state index is 5.60. The van der Waals surface area contributed by atoms with Gasteiger partial charge in [-0.1, -0.05) is 0 Å². The van der Waals surface area contributed by atoms with Crippen LogP contribution in [0, 0.1) is 5.41 Å². The van der Waals surface area contributed by atoms with E-state index in [-0.39, 0.29) is 18.0 Å². The summed E-state index contributed by atoms with van der Waals surface area (Å²) in [6, 6.07) is 0. The summed E-state index contributed by atoms with van der Waals surface area (Å²) in [6.07, 6.45) is -0.441. The summed E-state index contributed by atoms with van der Waals surface area (Å²) in [5.41, 5.74) is 5.31. The molecule has 0 aromatic carbocycles. The zero-order chi connectivity index (χ0) is 11.4. The summed E-state index contributed by atoms with van der Waals surface area (Å²) in [4.78, 5) is 0. The van der Waals surface area contributed by atoms with E-state index < -0.39 is 0 Å². The predicted octanol–water partition coefficient (Wildman–Crippen LogP) is -1.10. The predicted molar refractivity (Wildman–Crippen MR) is 56.8 cm³/mol. The fraction of sp³-hybridized carbons (Fsp3) is 1.00. The van der Waals surface area contributed by atoms with Crippen molar-refractivity contribution in [3.63, 3.8) is 0 Å². The first-order valence-electron chi connectivity index (χ1n) is 5.59. The molecule has 2 fully saturated rings. The van der Waals surface area contributed by atoms with Crippen molar-refractivity contribution < 1.29 is 18.9 Å². The highest BCUT2D eigenvalue weighted by atomic mass is 16.7. The molecule has 3 N–H and O–H groups in total. The van der Waals surface area contributed by atoms with Crippen molar-refractivity contribution in [1.82, 2.24) is 5.32 Å². The number of nitrogens with one attached hydrogen (secondary N) is 1. The first-order valence-corrected chi connectivity index (χ1v) is 5.59. The first kappa shape index (κ1) is 12.2. The van der Waals surface area contributed by atoms with Crippen molar-refractivity contribution in [2.24, 2.45) is 11.1 Å². The molecule has 0 aromatic rings. The molecule has 2 aliphatic rings. The number of ether oxygens (including phenoxy) is 4. The second kappa shape index (κ2) is 5.39. The molecule has 2 rings (SSSR count). The summed E-state index contributed by atoms with van der Waals surface area (Å²) >= 11 is 0. The largest absolute Gasteiger partial charge is 0.350 e. The molecule has 6 heteroatoms. The van der Waals surface area contributed by atoms with E-state index in [1.54, 1.807) is 0 Å². The number of rotatable bonds is 3. The van der Waals surface area contributed by atoms with Crippen LogP contribution in [-0.4, -0.2) is 59.1 Å². The lowest BCUT2D eigenvalue weighted by Gasteiger charge is -2.43. The molecule has 0 aromatic heterocycles. The lowest BCUT2D eigenvalue weighted by molar-refractivity contribution is -0.298. The average Bonchev–Trinajstić information content (AvgIpc) is 2.34. The van der Waals surface area contributed by atoms with E-state index in [4.69, 9.17) is 24.7 Å². The minimum Gasteiger partial charge on any atom is -0.350 e. The molecule has 6 nitrogen and oxygen atoms in total. The van der Waals surface area contributed by atoms with E-state index in [0.717, 1.165) is 0 Å². The number of likely N-dealkylation sites (N-methyl/N-ethyl adjacent to an activating group) is 1. The topological polar surface area (TPSA) is 75.0 Å². The molecule has 0 aliphatic carbocycles. The third kappa shape index (κ3) is 2.71. The fourth-order valence-corrected chi connectivity index (χ4v) is 1.85. The maximum atomic E-state index is 5.60. The molecule has 16 heavy (non-hydrogen) atoms. The van der Waals surface area contributed by atoms with Crippen LogP contribution in [0.15, 0.2) is 0 Å². The van der Waals surface area contributed by atoms with E-state index in [0.29, 0.717) is 39.5 Å². The van der Waals surface area contributed by atoms with Crippen LogP contribution < -0.4 is 11.1 Å². The number of hydrogen-bond donors (Lipinski definition) is 2. The average molecular weight is 232 g/mol. The van der Waals surface area contributed by atoms with Gasteiger partial charge >= 0.3 is 0 Å². The number of nitrogens with two attached hydrogens (primary N) is 1. The van der Waals surface area contributed by atoms with Crippen LogP contribution in [0.4, 0.5) is 0 Å². The highest BCUT2D eigenvalue weighted by Crippen LogP contribution is 2.29. The van der Waals surface area contributed by atoms with Gasteiger partial charge < -0.3 is 30.0 Å². The summed E-state index contributed by atoms with van der Waals surface area (Å²) in [5, 5.41) is 3.02. The molecule has 1 spiro atoms. The summed E-state index contributed by atoms with van der Waals surface area (Å²) in [6.45, 7) is 3.47. The van der Waals surface area contributed by atoms with Crippen LogP contribution in [-0.2, 0) is 18.9 Å². The molecule has 2 saturated heterocycles. The highest BCUT2D eigenvalue weighted by Gasteiger charge is 2.41. The van der Waals surface area contributed by atoms with Gasteiger partial charge in [0.15, 0.2) is 12.6 Å². The minimum atomic E-state index is -0.277. The quantitative estimate of drug-likeness (QED) is 0.643. The Bertz CT molecular complexity index is 209. The molecule has 0 saturated carbocycles. The molecule has 2 aliphatic heterocycles. The van der Waals surface area contributed by atoms with Gasteiger partial charge in [0.1, 0.15) is 0 Å². The molecule has 0 unspecified atom stereocenters. The first-order chi connectivity index (χ1) is 7.78. The Balaban J connectivity index is 1.79. The second-order valence-corrected chi connectivity index (χ2v) is 4.40. The second-order valence-electron chi connectivity index (χ2n) is 4.40. The van der Waals surface area contributed by atoms with E-state index in [2.05, 4.69) is 5.32 Å². The third-order valence-corrected chi connectivity index (χ3v) is 2.86. The summed E-state index contributed by atoms with van der Waals surface area (Å²) in [5.74, 6) is 0. The lowest BCUT2D eigenvalue weighted by Crippen LogP contribution is -2.54. The van der Waals surface area contributed by atoms with Gasteiger partial charge in [-0.25, -0.2) is 0 Å². The molecular formula is C10H20N2O4. The van der Waals surface area contributed by atoms with Gasteiger partial charge in [-0.2, -0.15) is 0 Å². The third-order valence-electron chi connectivity index (χ3n) is 2.86. The van der Waals surface area contributed by atoms with Gasteiger partial charge in [0.25, 0.3) is 0 Å². The zero-order valence-corrected chi connectivity index (χ0v) is 9.61. The van der Waals surface area contributed by atoms with Crippen molar-refractivity contribution in [1.29, 1.82) is 0 Å². The molecule has 0 bridgehead atoms. The Morgan fingerprint density at radius 3 is 2.00 bits per heavy atom. The van der Waals surface area contributed by atoms with Crippen LogP contribution >= 0.6 is 0 Å². The van der Waals surface area contributed by atoms with Gasteiger partial charge in [-0.05, 0) is 7.05 Å². The normalized spacial score (nSPS) is 40.1. The SMILES string of the molecule is CNCC1OCC2(COC(CN)OC2)CO1. The van der Waals surface area contributed by atoms with E-state index in [1.165, 1.54) is 0 Å². The Labute approximate surface area is 95.4 Å². The highest BCUT2D eigenvalue weighted by molar-refractivity contribution is 4.84. The minimum absolute atomic E-state index is 0.157. The van der Waals surface area contributed by atoms with Crippen LogP contribution in [0.2, 0.25) is 0 Å². The molecule has 2 heterocycles. The van der Waals surface area contributed by atoms with Crippen molar-refractivity contribution in [3.05, 3.63) is 0 Å². The van der Waals surface area contributed by atoms with Crippen molar-refractivity contribution in [2.75, 3.05) is 46.6 Å². The van der Waals surface area contributed by atoms with E-state index >= 15 is 0 Å². The van der Waals surface area contributed by atoms with Crippen LogP contribution in [0.1, 0.15) is 0 Å². The standard InChI is InChI=1S/C10H20N2O4/c1-12-3-9-15-6-10(7-16-9)4-13-8(2-11)14-5-10/h8-9,12H,2-7,11H2,1H3. The smallest absolute Gasteiger partial charge is 0.169 e. The zero-order valence-electron chi connectivity index (χ0n) is 9.61. The lowest BCUT2D eigenvalue weighted by atomic mass is 9.91. The van der Waals surface area contributed by atoms with Crippen molar-refractivity contribution >= 4 is 0 Å². The Morgan fingerprint density at radius 2 is 1.56 bits per heavy atom. The van der Waals surface area contributed by atoms with Gasteiger partial charge in [0.05, 0.1) is 31.8 Å². The van der Waals surface area contributed by atoms with Gasteiger partial charge in [0, 0.05) is 13.1 Å². The Kier molecular flexibility index (Phi) is 4.12. The van der Waals surface area contributed by atoms with Crippen LogP contribution in [0.3, 0.4) is 0 Å². The van der Waals surface area contributed by atoms with Crippen molar-refractivity contribution in [2.45, 2.75) is 12.6 Å². The molecular weight excluding hydrogens is 212 g/mol. The van der Waals surface area contributed by atoms with Gasteiger partial charge in [-0.15, -0.1) is 0 Å². The molecule has 0 radical (unpaired) electrons. The fourth-order valence-electron chi connectivity index (χ4n) is 1.85. The number of hydrogen-bond acceptors (Lipinski definition) is 6. The van der Waals surface area contributed by atoms with Crippen LogP contribution in [0.25, 0.3) is 0 Å². The van der Waals surface area contributed by atoms with Crippen molar-refractivity contribution in [3.8, 4) is 0 Å². The maximum Gasteiger partial charge on any atom is 0.169 e. The van der Waals surface area contributed by atoms with Gasteiger partial charge in [-0.3, -0.25) is 0 Å². The summed E-state index contributed by atoms with van der Waals surface area (Å²) < 4.78 is 22.2. The Morgan fingerprint density at radius 1 is 1.06 bits per heavy atom. The van der Waals surface area contributed by atoms with E-state index in [1.807, 2.05) is 7.05 Å².